The molecule has 2 aromatic heterocycles. The summed E-state index contributed by atoms with van der Waals surface area (Å²) >= 11 is 1.48. The van der Waals surface area contributed by atoms with Gasteiger partial charge in [0.05, 0.1) is 0 Å². The average Bonchev–Trinajstić information content (AvgIpc) is 3.08. The molecule has 0 spiro atoms. The second kappa shape index (κ2) is 6.52. The summed E-state index contributed by atoms with van der Waals surface area (Å²) in [6.07, 6.45) is 0.657. The first-order valence-electron chi connectivity index (χ1n) is 6.84. The highest BCUT2D eigenvalue weighted by Crippen LogP contribution is 2.13. The zero-order chi connectivity index (χ0) is 15.4. The molecule has 0 bridgehead atoms. The van der Waals surface area contributed by atoms with Crippen molar-refractivity contribution in [3.63, 3.8) is 0 Å². The summed E-state index contributed by atoms with van der Waals surface area (Å²) in [4.78, 5) is 12.5. The van der Waals surface area contributed by atoms with Crippen molar-refractivity contribution in [3.05, 3.63) is 41.2 Å². The van der Waals surface area contributed by atoms with E-state index in [-0.39, 0.29) is 12.5 Å². The van der Waals surface area contributed by atoms with Crippen LogP contribution in [-0.4, -0.2) is 38.9 Å². The number of carbonyl (C=O) groups excluding carboxylic acids is 1. The Morgan fingerprint density at radius 2 is 2.14 bits per heavy atom. The molecular formula is C14H15N5O2S. The Morgan fingerprint density at radius 1 is 1.32 bits per heavy atom. The molecule has 0 saturated heterocycles. The van der Waals surface area contributed by atoms with Crippen molar-refractivity contribution in [1.29, 1.82) is 0 Å². The number of amides is 1. The number of carbonyl (C=O) groups is 1. The molecule has 0 unspecified atom stereocenters. The molecule has 22 heavy (non-hydrogen) atoms. The predicted molar refractivity (Wildman–Crippen MR) is 82.0 cm³/mol. The van der Waals surface area contributed by atoms with Crippen LogP contribution in [0.25, 0.3) is 4.96 Å². The molecule has 0 atom stereocenters. The van der Waals surface area contributed by atoms with Crippen LogP contribution in [0.4, 0.5) is 0 Å². The van der Waals surface area contributed by atoms with Crippen molar-refractivity contribution in [1.82, 2.24) is 25.1 Å². The monoisotopic (exact) mass is 317 g/mol. The summed E-state index contributed by atoms with van der Waals surface area (Å²) in [6, 6.07) is 9.25. The lowest BCUT2D eigenvalue weighted by molar-refractivity contribution is -0.123. The summed E-state index contributed by atoms with van der Waals surface area (Å²) in [5, 5.41) is 16.1. The van der Waals surface area contributed by atoms with Crippen LogP contribution in [0.1, 0.15) is 10.8 Å². The van der Waals surface area contributed by atoms with E-state index in [1.807, 2.05) is 37.3 Å². The van der Waals surface area contributed by atoms with Gasteiger partial charge in [-0.15, -0.1) is 10.2 Å². The molecule has 3 rings (SSSR count). The maximum atomic E-state index is 11.7. The van der Waals surface area contributed by atoms with E-state index in [0.29, 0.717) is 18.7 Å². The average molecular weight is 317 g/mol. The van der Waals surface area contributed by atoms with Gasteiger partial charge in [-0.1, -0.05) is 29.5 Å². The molecule has 0 aliphatic carbocycles. The quantitative estimate of drug-likeness (QED) is 0.739. The van der Waals surface area contributed by atoms with Crippen LogP contribution < -0.4 is 10.1 Å². The lowest BCUT2D eigenvalue weighted by Gasteiger charge is -2.06. The number of hydrogen-bond acceptors (Lipinski definition) is 6. The number of para-hydroxylation sites is 1. The minimum Gasteiger partial charge on any atom is -0.484 e. The summed E-state index contributed by atoms with van der Waals surface area (Å²) in [7, 11) is 0. The Morgan fingerprint density at radius 3 is 2.91 bits per heavy atom. The highest BCUT2D eigenvalue weighted by atomic mass is 32.1. The predicted octanol–water partition coefficient (Wildman–Crippen LogP) is 1.23. The number of aryl methyl sites for hydroxylation is 1. The molecule has 1 N–H and O–H groups in total. The lowest BCUT2D eigenvalue weighted by atomic mass is 10.3. The smallest absolute Gasteiger partial charge is 0.257 e. The molecule has 0 radical (unpaired) electrons. The SMILES string of the molecule is Cc1nnc2sc(CCNC(=O)COc3ccccc3)nn12. The van der Waals surface area contributed by atoms with Gasteiger partial charge >= 0.3 is 0 Å². The van der Waals surface area contributed by atoms with Crippen LogP contribution in [0.3, 0.4) is 0 Å². The number of fused-ring (bicyclic) bond motifs is 1. The Labute approximate surface area is 130 Å². The van der Waals surface area contributed by atoms with Crippen molar-refractivity contribution in [3.8, 4) is 5.75 Å². The number of aromatic nitrogens is 4. The third kappa shape index (κ3) is 3.40. The molecule has 0 aliphatic heterocycles. The van der Waals surface area contributed by atoms with E-state index in [0.717, 1.165) is 15.8 Å². The number of nitrogens with zero attached hydrogens (tertiary/aromatic N) is 4. The van der Waals surface area contributed by atoms with Gasteiger partial charge < -0.3 is 10.1 Å². The van der Waals surface area contributed by atoms with Gasteiger partial charge in [0.2, 0.25) is 4.96 Å². The second-order valence-corrected chi connectivity index (χ2v) is 5.68. The zero-order valence-corrected chi connectivity index (χ0v) is 12.8. The standard InChI is InChI=1S/C14H15N5O2S/c1-10-16-17-14-19(10)18-13(22-14)7-8-15-12(20)9-21-11-5-3-2-4-6-11/h2-6H,7-9H2,1H3,(H,15,20). The first-order chi connectivity index (χ1) is 10.7. The van der Waals surface area contributed by atoms with Gasteiger partial charge in [-0.05, 0) is 19.1 Å². The van der Waals surface area contributed by atoms with Crippen molar-refractivity contribution >= 4 is 22.2 Å². The van der Waals surface area contributed by atoms with Gasteiger partial charge in [-0.25, -0.2) is 0 Å². The minimum absolute atomic E-state index is 0.00817. The molecule has 0 aliphatic rings. The van der Waals surface area contributed by atoms with Crippen LogP contribution >= 0.6 is 11.3 Å². The minimum atomic E-state index is -0.150. The highest BCUT2D eigenvalue weighted by molar-refractivity contribution is 7.16. The normalized spacial score (nSPS) is 10.8. The fourth-order valence-electron chi connectivity index (χ4n) is 1.88. The first kappa shape index (κ1) is 14.5. The maximum Gasteiger partial charge on any atom is 0.257 e. The van der Waals surface area contributed by atoms with Gasteiger partial charge in [-0.2, -0.15) is 9.61 Å². The van der Waals surface area contributed by atoms with Crippen LogP contribution in [0.5, 0.6) is 5.75 Å². The fourth-order valence-corrected chi connectivity index (χ4v) is 2.76. The molecule has 1 amide bonds. The Hall–Kier alpha value is -2.48. The number of benzene rings is 1. The van der Waals surface area contributed by atoms with Crippen LogP contribution in [-0.2, 0) is 11.2 Å². The van der Waals surface area contributed by atoms with E-state index in [2.05, 4.69) is 20.6 Å². The van der Waals surface area contributed by atoms with Crippen molar-refractivity contribution in [2.24, 2.45) is 0 Å². The molecule has 1 aromatic carbocycles. The van der Waals surface area contributed by atoms with Gasteiger partial charge in [0.15, 0.2) is 12.4 Å². The molecule has 0 saturated carbocycles. The Bertz CT molecular complexity index is 768. The zero-order valence-electron chi connectivity index (χ0n) is 12.0. The Kier molecular flexibility index (Phi) is 4.29. The van der Waals surface area contributed by atoms with E-state index in [1.165, 1.54) is 11.3 Å². The lowest BCUT2D eigenvalue weighted by Crippen LogP contribution is -2.30. The third-order valence-corrected chi connectivity index (χ3v) is 3.92. The molecule has 0 fully saturated rings. The van der Waals surface area contributed by atoms with Crippen molar-refractivity contribution in [2.45, 2.75) is 13.3 Å². The van der Waals surface area contributed by atoms with Gasteiger partial charge in [0.25, 0.3) is 5.91 Å². The molecule has 114 valence electrons. The summed E-state index contributed by atoms with van der Waals surface area (Å²) < 4.78 is 7.08. The number of ether oxygens (including phenoxy) is 1. The molecule has 3 aromatic rings. The van der Waals surface area contributed by atoms with Crippen LogP contribution in [0, 0.1) is 6.92 Å². The first-order valence-corrected chi connectivity index (χ1v) is 7.66. The van der Waals surface area contributed by atoms with E-state index in [9.17, 15) is 4.79 Å². The molecule has 8 heteroatoms. The highest BCUT2D eigenvalue weighted by Gasteiger charge is 2.09. The number of rotatable bonds is 6. The topological polar surface area (TPSA) is 81.4 Å². The fraction of sp³-hybridized carbons (Fsp3) is 0.286. The van der Waals surface area contributed by atoms with E-state index < -0.39 is 0 Å². The van der Waals surface area contributed by atoms with Gasteiger partial charge in [0, 0.05) is 13.0 Å². The number of hydrogen-bond donors (Lipinski definition) is 1. The number of nitrogens with one attached hydrogen (secondary N) is 1. The Balaban J connectivity index is 1.43. The maximum absolute atomic E-state index is 11.7. The largest absolute Gasteiger partial charge is 0.484 e. The second-order valence-electron chi connectivity index (χ2n) is 4.64. The van der Waals surface area contributed by atoms with E-state index in [4.69, 9.17) is 4.74 Å². The third-order valence-electron chi connectivity index (χ3n) is 2.96. The van der Waals surface area contributed by atoms with Gasteiger partial charge in [0.1, 0.15) is 10.8 Å². The summed E-state index contributed by atoms with van der Waals surface area (Å²) in [5.41, 5.74) is 0. The van der Waals surface area contributed by atoms with Crippen LogP contribution in [0.15, 0.2) is 30.3 Å². The van der Waals surface area contributed by atoms with E-state index in [1.54, 1.807) is 4.52 Å². The molecular weight excluding hydrogens is 302 g/mol. The van der Waals surface area contributed by atoms with Crippen LogP contribution in [0.2, 0.25) is 0 Å². The van der Waals surface area contributed by atoms with Crippen molar-refractivity contribution < 1.29 is 9.53 Å². The summed E-state index contributed by atoms with van der Waals surface area (Å²) in [6.45, 7) is 2.38. The van der Waals surface area contributed by atoms with E-state index >= 15 is 0 Å². The van der Waals surface area contributed by atoms with Crippen molar-refractivity contribution in [2.75, 3.05) is 13.2 Å². The molecule has 2 heterocycles. The molecule has 7 nitrogen and oxygen atoms in total. The summed E-state index contributed by atoms with van der Waals surface area (Å²) in [5.74, 6) is 1.29. The van der Waals surface area contributed by atoms with Gasteiger partial charge in [-0.3, -0.25) is 4.79 Å².